The van der Waals surface area contributed by atoms with Crippen molar-refractivity contribution in [1.29, 1.82) is 5.26 Å². The van der Waals surface area contributed by atoms with E-state index in [1.807, 2.05) is 6.07 Å². The van der Waals surface area contributed by atoms with Crippen molar-refractivity contribution < 1.29 is 12.6 Å². The zero-order valence-electron chi connectivity index (χ0n) is 15.1. The van der Waals surface area contributed by atoms with E-state index in [0.717, 1.165) is 31.3 Å². The van der Waals surface area contributed by atoms with E-state index in [1.165, 1.54) is 0 Å². The molecular weight excluding hydrogens is 360 g/mol. The van der Waals surface area contributed by atoms with E-state index in [9.17, 15) is 8.42 Å². The molecule has 1 aromatic rings. The molecule has 25 heavy (non-hydrogen) atoms. The molecule has 2 unspecified atom stereocenters. The van der Waals surface area contributed by atoms with Crippen LogP contribution < -0.4 is 4.90 Å². The third-order valence-corrected chi connectivity index (χ3v) is 5.87. The summed E-state index contributed by atoms with van der Waals surface area (Å²) in [7, 11) is -3.47. The summed E-state index contributed by atoms with van der Waals surface area (Å²) < 4.78 is 28.3. The van der Waals surface area contributed by atoms with Crippen LogP contribution in [0.25, 0.3) is 0 Å². The van der Waals surface area contributed by atoms with Crippen LogP contribution >= 0.6 is 11.6 Å². The summed E-state index contributed by atoms with van der Waals surface area (Å²) in [6.45, 7) is 7.20. The van der Waals surface area contributed by atoms with Gasteiger partial charge in [0.2, 0.25) is 0 Å². The van der Waals surface area contributed by atoms with Crippen molar-refractivity contribution in [1.82, 2.24) is 0 Å². The Kier molecular flexibility index (Phi) is 6.03. The molecule has 1 fully saturated rings. The van der Waals surface area contributed by atoms with Gasteiger partial charge in [-0.15, -0.1) is 0 Å². The summed E-state index contributed by atoms with van der Waals surface area (Å²) in [5.41, 5.74) is 1.39. The minimum Gasteiger partial charge on any atom is -0.368 e. The molecule has 2 rings (SSSR count). The summed E-state index contributed by atoms with van der Waals surface area (Å²) in [5, 5.41) is 9.49. The van der Waals surface area contributed by atoms with Gasteiger partial charge in [0, 0.05) is 18.3 Å². The Hall–Kier alpha value is -1.29. The van der Waals surface area contributed by atoms with E-state index in [2.05, 4.69) is 31.7 Å². The van der Waals surface area contributed by atoms with Crippen LogP contribution in [0, 0.1) is 16.7 Å². The highest BCUT2D eigenvalue weighted by molar-refractivity contribution is 7.86. The van der Waals surface area contributed by atoms with Crippen molar-refractivity contribution >= 4 is 27.4 Å². The van der Waals surface area contributed by atoms with Crippen LogP contribution in [0.3, 0.4) is 0 Å². The number of nitriles is 1. The van der Waals surface area contributed by atoms with Crippen LogP contribution in [0.2, 0.25) is 5.02 Å². The molecule has 0 spiro atoms. The third-order valence-electron chi connectivity index (χ3n) is 4.93. The zero-order valence-corrected chi connectivity index (χ0v) is 16.7. The van der Waals surface area contributed by atoms with Gasteiger partial charge in [0.1, 0.15) is 6.07 Å². The number of hydrogen-bond acceptors (Lipinski definition) is 5. The van der Waals surface area contributed by atoms with E-state index in [-0.39, 0.29) is 17.6 Å². The van der Waals surface area contributed by atoms with Crippen LogP contribution in [0.1, 0.15) is 45.6 Å². The highest BCUT2D eigenvalue weighted by atomic mass is 35.5. The molecule has 0 bridgehead atoms. The van der Waals surface area contributed by atoms with Gasteiger partial charge in [-0.25, -0.2) is 0 Å². The van der Waals surface area contributed by atoms with Gasteiger partial charge in [-0.3, -0.25) is 4.18 Å². The van der Waals surface area contributed by atoms with Crippen molar-refractivity contribution in [2.45, 2.75) is 52.2 Å². The average Bonchev–Trinajstić information content (AvgIpc) is 2.50. The average molecular weight is 385 g/mol. The predicted octanol–water partition coefficient (Wildman–Crippen LogP) is 3.96. The molecule has 0 heterocycles. The molecule has 138 valence electrons. The van der Waals surface area contributed by atoms with Crippen molar-refractivity contribution in [3.8, 4) is 6.07 Å². The van der Waals surface area contributed by atoms with Crippen LogP contribution in [0.15, 0.2) is 18.2 Å². The van der Waals surface area contributed by atoms with Crippen molar-refractivity contribution in [2.75, 3.05) is 17.7 Å². The van der Waals surface area contributed by atoms with E-state index in [0.29, 0.717) is 17.0 Å². The van der Waals surface area contributed by atoms with E-state index in [1.54, 1.807) is 12.1 Å². The van der Waals surface area contributed by atoms with Gasteiger partial charge in [0.25, 0.3) is 10.1 Å². The Morgan fingerprint density at radius 1 is 1.44 bits per heavy atom. The van der Waals surface area contributed by atoms with E-state index < -0.39 is 10.1 Å². The first-order valence-electron chi connectivity index (χ1n) is 8.42. The smallest absolute Gasteiger partial charge is 0.264 e. The minimum atomic E-state index is -3.47. The van der Waals surface area contributed by atoms with Crippen LogP contribution in [0.4, 0.5) is 5.69 Å². The predicted molar refractivity (Wildman–Crippen MR) is 100 cm³/mol. The summed E-state index contributed by atoms with van der Waals surface area (Å²) in [6.07, 6.45) is 3.02. The first-order valence-corrected chi connectivity index (χ1v) is 10.6. The van der Waals surface area contributed by atoms with E-state index in [4.69, 9.17) is 21.0 Å². The molecular formula is C18H25ClN2O3S. The summed E-state index contributed by atoms with van der Waals surface area (Å²) in [6, 6.07) is 7.61. The number of halogens is 1. The molecule has 5 nitrogen and oxygen atoms in total. The topological polar surface area (TPSA) is 70.4 Å². The van der Waals surface area contributed by atoms with E-state index >= 15 is 0 Å². The normalized spacial score (nSPS) is 23.0. The zero-order chi connectivity index (χ0) is 18.8. The third kappa shape index (κ3) is 4.87. The van der Waals surface area contributed by atoms with Gasteiger partial charge in [-0.05, 0) is 49.8 Å². The number of anilines is 1. The van der Waals surface area contributed by atoms with Gasteiger partial charge in [-0.1, -0.05) is 25.4 Å². The molecule has 0 radical (unpaired) electrons. The summed E-state index contributed by atoms with van der Waals surface area (Å²) in [4.78, 5) is 2.23. The highest BCUT2D eigenvalue weighted by Gasteiger charge is 2.41. The molecule has 2 atom stereocenters. The molecule has 1 aliphatic carbocycles. The maximum atomic E-state index is 11.5. The quantitative estimate of drug-likeness (QED) is 0.718. The standard InChI is InChI=1S/C18H25ClN2O3S/c1-5-21(14-7-6-13(12-20)16(19)10-14)17-11-15(24-25(4,22)23)8-9-18(17,2)3/h6-7,10,15,17H,5,8-9,11H2,1-4H3. The lowest BCUT2D eigenvalue weighted by molar-refractivity contribution is 0.0810. The fourth-order valence-corrected chi connectivity index (χ4v) is 4.51. The first-order chi connectivity index (χ1) is 11.6. The van der Waals surface area contributed by atoms with Crippen molar-refractivity contribution in [3.63, 3.8) is 0 Å². The second kappa shape index (κ2) is 7.53. The SMILES string of the molecule is CCN(c1ccc(C#N)c(Cl)c1)C1CC(OS(C)(=O)=O)CCC1(C)C. The highest BCUT2D eigenvalue weighted by Crippen LogP contribution is 2.42. The molecule has 0 aromatic heterocycles. The molecule has 0 N–H and O–H groups in total. The Bertz CT molecular complexity index is 771. The maximum Gasteiger partial charge on any atom is 0.264 e. The maximum absolute atomic E-state index is 11.5. The lowest BCUT2D eigenvalue weighted by Crippen LogP contribution is -2.51. The molecule has 0 amide bonds. The second-order valence-electron chi connectivity index (χ2n) is 7.26. The molecule has 1 saturated carbocycles. The molecule has 0 saturated heterocycles. The lowest BCUT2D eigenvalue weighted by Gasteiger charge is -2.48. The van der Waals surface area contributed by atoms with Gasteiger partial charge < -0.3 is 4.90 Å². The summed E-state index contributed by atoms with van der Waals surface area (Å²) in [5.74, 6) is 0. The fourth-order valence-electron chi connectivity index (χ4n) is 3.63. The van der Waals surface area contributed by atoms with Crippen LogP contribution in [0.5, 0.6) is 0 Å². The first kappa shape index (κ1) is 20.0. The number of hydrogen-bond donors (Lipinski definition) is 0. The Balaban J connectivity index is 2.32. The van der Waals surface area contributed by atoms with Crippen molar-refractivity contribution in [3.05, 3.63) is 28.8 Å². The van der Waals surface area contributed by atoms with Gasteiger partial charge in [-0.2, -0.15) is 13.7 Å². The minimum absolute atomic E-state index is 0.00769. The number of nitrogens with zero attached hydrogens (tertiary/aromatic N) is 2. The Morgan fingerprint density at radius 3 is 2.64 bits per heavy atom. The molecule has 1 aliphatic rings. The van der Waals surface area contributed by atoms with Crippen LogP contribution in [-0.4, -0.2) is 33.4 Å². The van der Waals surface area contributed by atoms with Crippen LogP contribution in [-0.2, 0) is 14.3 Å². The molecule has 7 heteroatoms. The van der Waals surface area contributed by atoms with Crippen molar-refractivity contribution in [2.24, 2.45) is 5.41 Å². The largest absolute Gasteiger partial charge is 0.368 e. The molecule has 1 aromatic carbocycles. The Morgan fingerprint density at radius 2 is 2.12 bits per heavy atom. The number of benzene rings is 1. The lowest BCUT2D eigenvalue weighted by atomic mass is 9.71. The molecule has 0 aliphatic heterocycles. The van der Waals surface area contributed by atoms with Gasteiger partial charge in [0.05, 0.1) is 22.9 Å². The van der Waals surface area contributed by atoms with Gasteiger partial charge >= 0.3 is 0 Å². The number of rotatable bonds is 5. The van der Waals surface area contributed by atoms with Gasteiger partial charge in [0.15, 0.2) is 0 Å². The fraction of sp³-hybridized carbons (Fsp3) is 0.611. The Labute approximate surface area is 155 Å². The summed E-state index contributed by atoms with van der Waals surface area (Å²) >= 11 is 6.20. The second-order valence-corrected chi connectivity index (χ2v) is 9.27. The monoisotopic (exact) mass is 384 g/mol.